The molecule has 1 aromatic rings. The van der Waals surface area contributed by atoms with E-state index >= 15 is 0 Å². The Hall–Kier alpha value is -1.55. The Morgan fingerprint density at radius 1 is 1.35 bits per heavy atom. The number of amides is 1. The van der Waals surface area contributed by atoms with Crippen molar-refractivity contribution in [1.82, 2.24) is 10.2 Å². The molecule has 1 amide bonds. The Balaban J connectivity index is 1.80. The van der Waals surface area contributed by atoms with Gasteiger partial charge in [0.05, 0.1) is 7.11 Å². The fraction of sp³-hybridized carbons (Fsp3) is 0.632. The highest BCUT2D eigenvalue weighted by Gasteiger charge is 2.23. The molecule has 1 N–H and O–H groups in total. The van der Waals surface area contributed by atoms with Crippen LogP contribution in [0.5, 0.6) is 5.75 Å². The molecule has 0 aliphatic carbocycles. The van der Waals surface area contributed by atoms with E-state index in [1.807, 2.05) is 30.1 Å². The lowest BCUT2D eigenvalue weighted by Crippen LogP contribution is -2.34. The third-order valence-electron chi connectivity index (χ3n) is 5.02. The van der Waals surface area contributed by atoms with Gasteiger partial charge in [-0.05, 0) is 55.8 Å². The normalized spacial score (nSPS) is 16.8. The average molecular weight is 318 g/mol. The van der Waals surface area contributed by atoms with Crippen LogP contribution < -0.4 is 10.1 Å². The van der Waals surface area contributed by atoms with Crippen molar-refractivity contribution >= 4 is 5.91 Å². The number of hydrogen-bond acceptors (Lipinski definition) is 3. The van der Waals surface area contributed by atoms with E-state index in [0.29, 0.717) is 18.3 Å². The number of para-hydroxylation sites is 1. The van der Waals surface area contributed by atoms with E-state index in [0.717, 1.165) is 37.4 Å². The van der Waals surface area contributed by atoms with Gasteiger partial charge in [0.2, 0.25) is 5.91 Å². The number of likely N-dealkylation sites (N-methyl/N-ethyl adjacent to an activating group) is 1. The van der Waals surface area contributed by atoms with Gasteiger partial charge < -0.3 is 15.0 Å². The number of methoxy groups -OCH3 is 1. The molecule has 0 bridgehead atoms. The van der Waals surface area contributed by atoms with Crippen molar-refractivity contribution < 1.29 is 9.53 Å². The van der Waals surface area contributed by atoms with Crippen LogP contribution in [0, 0.1) is 11.8 Å². The van der Waals surface area contributed by atoms with E-state index < -0.39 is 0 Å². The van der Waals surface area contributed by atoms with Crippen LogP contribution >= 0.6 is 0 Å². The molecule has 1 aliphatic rings. The average Bonchev–Trinajstić information content (AvgIpc) is 2.60. The van der Waals surface area contributed by atoms with Crippen molar-refractivity contribution in [2.24, 2.45) is 11.8 Å². The summed E-state index contributed by atoms with van der Waals surface area (Å²) in [5.74, 6) is 2.31. The van der Waals surface area contributed by atoms with Gasteiger partial charge in [0.25, 0.3) is 0 Å². The SMILES string of the molecule is COc1ccccc1CCN(C)C(=O)CC(C)C1CCNCC1. The summed E-state index contributed by atoms with van der Waals surface area (Å²) in [5.41, 5.74) is 1.15. The number of carbonyl (C=O) groups excluding carboxylic acids is 1. The number of nitrogens with zero attached hydrogens (tertiary/aromatic N) is 1. The Morgan fingerprint density at radius 2 is 2.04 bits per heavy atom. The molecule has 2 rings (SSSR count). The van der Waals surface area contributed by atoms with Crippen molar-refractivity contribution in [3.05, 3.63) is 29.8 Å². The molecule has 1 aliphatic heterocycles. The lowest BCUT2D eigenvalue weighted by molar-refractivity contribution is -0.131. The van der Waals surface area contributed by atoms with Crippen LogP contribution in [0.3, 0.4) is 0 Å². The number of hydrogen-bond donors (Lipinski definition) is 1. The molecule has 23 heavy (non-hydrogen) atoms. The van der Waals surface area contributed by atoms with Crippen LogP contribution in [0.4, 0.5) is 0 Å². The number of rotatable bonds is 7. The second-order valence-corrected chi connectivity index (χ2v) is 6.65. The predicted octanol–water partition coefficient (Wildman–Crippen LogP) is 2.72. The van der Waals surface area contributed by atoms with Gasteiger partial charge >= 0.3 is 0 Å². The lowest BCUT2D eigenvalue weighted by atomic mass is 9.84. The van der Waals surface area contributed by atoms with Gasteiger partial charge in [-0.2, -0.15) is 0 Å². The molecule has 4 heteroatoms. The van der Waals surface area contributed by atoms with Gasteiger partial charge in [0, 0.05) is 20.0 Å². The number of carbonyl (C=O) groups is 1. The Bertz CT molecular complexity index is 498. The first-order chi connectivity index (χ1) is 11.1. The van der Waals surface area contributed by atoms with Crippen LogP contribution in [-0.2, 0) is 11.2 Å². The summed E-state index contributed by atoms with van der Waals surface area (Å²) in [6, 6.07) is 8.02. The smallest absolute Gasteiger partial charge is 0.222 e. The van der Waals surface area contributed by atoms with Crippen LogP contribution in [0.1, 0.15) is 31.7 Å². The summed E-state index contributed by atoms with van der Waals surface area (Å²) < 4.78 is 5.37. The Morgan fingerprint density at radius 3 is 2.74 bits per heavy atom. The zero-order valence-corrected chi connectivity index (χ0v) is 14.7. The first-order valence-corrected chi connectivity index (χ1v) is 8.68. The maximum atomic E-state index is 12.5. The highest BCUT2D eigenvalue weighted by molar-refractivity contribution is 5.76. The fourth-order valence-electron chi connectivity index (χ4n) is 3.33. The molecule has 0 radical (unpaired) electrons. The summed E-state index contributed by atoms with van der Waals surface area (Å²) >= 11 is 0. The van der Waals surface area contributed by atoms with Gasteiger partial charge in [-0.3, -0.25) is 4.79 Å². The topological polar surface area (TPSA) is 41.6 Å². The fourth-order valence-corrected chi connectivity index (χ4v) is 3.33. The Labute approximate surface area is 140 Å². The quantitative estimate of drug-likeness (QED) is 0.840. The molecule has 1 aromatic carbocycles. The third kappa shape index (κ3) is 5.24. The zero-order valence-electron chi connectivity index (χ0n) is 14.7. The second-order valence-electron chi connectivity index (χ2n) is 6.65. The largest absolute Gasteiger partial charge is 0.496 e. The first kappa shape index (κ1) is 17.8. The second kappa shape index (κ2) is 8.92. The minimum Gasteiger partial charge on any atom is -0.496 e. The molecule has 1 heterocycles. The minimum absolute atomic E-state index is 0.255. The summed E-state index contributed by atoms with van der Waals surface area (Å²) in [7, 11) is 3.60. The molecule has 0 aromatic heterocycles. The van der Waals surface area contributed by atoms with Crippen LogP contribution in [0.15, 0.2) is 24.3 Å². The van der Waals surface area contributed by atoms with Crippen LogP contribution in [-0.4, -0.2) is 44.6 Å². The summed E-state index contributed by atoms with van der Waals surface area (Å²) in [4.78, 5) is 14.3. The van der Waals surface area contributed by atoms with Crippen molar-refractivity contribution in [2.45, 2.75) is 32.6 Å². The van der Waals surface area contributed by atoms with Crippen molar-refractivity contribution in [1.29, 1.82) is 0 Å². The van der Waals surface area contributed by atoms with Gasteiger partial charge in [-0.25, -0.2) is 0 Å². The molecule has 0 spiro atoms. The molecule has 0 saturated carbocycles. The zero-order chi connectivity index (χ0) is 16.7. The van der Waals surface area contributed by atoms with Crippen LogP contribution in [0.25, 0.3) is 0 Å². The van der Waals surface area contributed by atoms with Crippen LogP contribution in [0.2, 0.25) is 0 Å². The highest BCUT2D eigenvalue weighted by atomic mass is 16.5. The number of piperidine rings is 1. The van der Waals surface area contributed by atoms with Gasteiger partial charge in [0.15, 0.2) is 0 Å². The molecular weight excluding hydrogens is 288 g/mol. The van der Waals surface area contributed by atoms with E-state index in [4.69, 9.17) is 4.74 Å². The van der Waals surface area contributed by atoms with E-state index in [-0.39, 0.29) is 5.91 Å². The number of ether oxygens (including phenoxy) is 1. The molecular formula is C19H30N2O2. The van der Waals surface area contributed by atoms with E-state index in [2.05, 4.69) is 18.3 Å². The summed E-state index contributed by atoms with van der Waals surface area (Å²) in [6.07, 6.45) is 3.87. The van der Waals surface area contributed by atoms with Crippen molar-refractivity contribution in [3.63, 3.8) is 0 Å². The lowest BCUT2D eigenvalue weighted by Gasteiger charge is -2.29. The minimum atomic E-state index is 0.255. The third-order valence-corrected chi connectivity index (χ3v) is 5.02. The molecule has 4 nitrogen and oxygen atoms in total. The summed E-state index contributed by atoms with van der Waals surface area (Å²) in [5, 5.41) is 3.39. The van der Waals surface area contributed by atoms with E-state index in [9.17, 15) is 4.79 Å². The standard InChI is InChI=1S/C19H30N2O2/c1-15(16-8-11-20-12-9-16)14-19(22)21(2)13-10-17-6-4-5-7-18(17)23-3/h4-7,15-16,20H,8-14H2,1-3H3. The van der Waals surface area contributed by atoms with Gasteiger partial charge in [-0.15, -0.1) is 0 Å². The first-order valence-electron chi connectivity index (χ1n) is 8.68. The predicted molar refractivity (Wildman–Crippen MR) is 93.7 cm³/mol. The van der Waals surface area contributed by atoms with Gasteiger partial charge in [-0.1, -0.05) is 25.1 Å². The summed E-state index contributed by atoms with van der Waals surface area (Å²) in [6.45, 7) is 5.14. The molecule has 1 fully saturated rings. The number of benzene rings is 1. The maximum Gasteiger partial charge on any atom is 0.222 e. The number of nitrogens with one attached hydrogen (secondary N) is 1. The van der Waals surface area contributed by atoms with Crippen molar-refractivity contribution in [3.8, 4) is 5.75 Å². The monoisotopic (exact) mass is 318 g/mol. The Kier molecular flexibility index (Phi) is 6.90. The molecule has 1 atom stereocenters. The van der Waals surface area contributed by atoms with E-state index in [1.54, 1.807) is 7.11 Å². The molecule has 1 unspecified atom stereocenters. The maximum absolute atomic E-state index is 12.5. The molecule has 1 saturated heterocycles. The van der Waals surface area contributed by atoms with Gasteiger partial charge in [0.1, 0.15) is 5.75 Å². The molecule has 128 valence electrons. The highest BCUT2D eigenvalue weighted by Crippen LogP contribution is 2.25. The van der Waals surface area contributed by atoms with E-state index in [1.165, 1.54) is 12.8 Å². The van der Waals surface area contributed by atoms with Crippen molar-refractivity contribution in [2.75, 3.05) is 33.8 Å².